The minimum atomic E-state index is -0.786. The summed E-state index contributed by atoms with van der Waals surface area (Å²) >= 11 is 0. The molecule has 0 spiro atoms. The molecule has 0 N–H and O–H groups in total. The van der Waals surface area contributed by atoms with E-state index < -0.39 is 5.60 Å². The Morgan fingerprint density at radius 3 is 2.56 bits per heavy atom. The van der Waals surface area contributed by atoms with Crippen LogP contribution in [0.5, 0.6) is 0 Å². The molecule has 0 aliphatic carbocycles. The van der Waals surface area contributed by atoms with Crippen LogP contribution in [0.4, 0.5) is 0 Å². The van der Waals surface area contributed by atoms with Crippen LogP contribution in [-0.4, -0.2) is 11.6 Å². The first-order valence-corrected chi connectivity index (χ1v) is 5.33. The van der Waals surface area contributed by atoms with E-state index >= 15 is 0 Å². The molecule has 1 aromatic carbocycles. The van der Waals surface area contributed by atoms with Crippen molar-refractivity contribution in [3.8, 4) is 12.3 Å². The van der Waals surface area contributed by atoms with Gasteiger partial charge in [-0.2, -0.15) is 0 Å². The molecule has 0 bridgehead atoms. The van der Waals surface area contributed by atoms with E-state index in [2.05, 4.69) is 5.92 Å². The number of terminal acetylenes is 1. The van der Waals surface area contributed by atoms with E-state index in [9.17, 15) is 4.79 Å². The van der Waals surface area contributed by atoms with Crippen molar-refractivity contribution in [3.63, 3.8) is 0 Å². The van der Waals surface area contributed by atoms with Gasteiger partial charge in [0, 0.05) is 0 Å². The fourth-order valence-corrected chi connectivity index (χ4v) is 1.25. The van der Waals surface area contributed by atoms with E-state index in [0.29, 0.717) is 6.42 Å². The first-order valence-electron chi connectivity index (χ1n) is 5.33. The number of hydrogen-bond donors (Lipinski definition) is 0. The molecule has 0 saturated heterocycles. The molecule has 0 aliphatic rings. The molecule has 16 heavy (non-hydrogen) atoms. The molecule has 1 aromatic rings. The van der Waals surface area contributed by atoms with E-state index in [1.165, 1.54) is 0 Å². The lowest BCUT2D eigenvalue weighted by Crippen LogP contribution is -2.29. The molecule has 0 aromatic heterocycles. The summed E-state index contributed by atoms with van der Waals surface area (Å²) in [6.45, 7) is 3.64. The molecule has 2 nitrogen and oxygen atoms in total. The van der Waals surface area contributed by atoms with Gasteiger partial charge in [0.25, 0.3) is 0 Å². The van der Waals surface area contributed by atoms with E-state index in [1.54, 1.807) is 6.92 Å². The average molecular weight is 216 g/mol. The van der Waals surface area contributed by atoms with Gasteiger partial charge in [-0.15, -0.1) is 6.42 Å². The molecule has 2 heteroatoms. The second-order valence-electron chi connectivity index (χ2n) is 3.87. The number of rotatable bonds is 4. The molecule has 1 atom stereocenters. The maximum atomic E-state index is 11.6. The highest BCUT2D eigenvalue weighted by molar-refractivity contribution is 5.73. The van der Waals surface area contributed by atoms with E-state index in [1.807, 2.05) is 37.3 Å². The van der Waals surface area contributed by atoms with Crippen LogP contribution in [0.25, 0.3) is 0 Å². The molecule has 0 aliphatic heterocycles. The van der Waals surface area contributed by atoms with Crippen molar-refractivity contribution in [1.29, 1.82) is 0 Å². The minimum Gasteiger partial charge on any atom is -0.446 e. The van der Waals surface area contributed by atoms with Gasteiger partial charge in [-0.25, -0.2) is 0 Å². The van der Waals surface area contributed by atoms with Crippen molar-refractivity contribution >= 4 is 5.97 Å². The van der Waals surface area contributed by atoms with Crippen molar-refractivity contribution < 1.29 is 9.53 Å². The Hall–Kier alpha value is -1.75. The summed E-state index contributed by atoms with van der Waals surface area (Å²) in [4.78, 5) is 11.6. The summed E-state index contributed by atoms with van der Waals surface area (Å²) in [6.07, 6.45) is 6.21. The zero-order valence-electron chi connectivity index (χ0n) is 9.69. The molecular formula is C14H16O2. The van der Waals surface area contributed by atoms with Crippen molar-refractivity contribution in [2.24, 2.45) is 0 Å². The summed E-state index contributed by atoms with van der Waals surface area (Å²) in [6, 6.07) is 9.47. The second-order valence-corrected chi connectivity index (χ2v) is 3.87. The number of ether oxygens (including phenoxy) is 1. The summed E-state index contributed by atoms with van der Waals surface area (Å²) in [5, 5.41) is 0. The number of carbonyl (C=O) groups excluding carboxylic acids is 1. The summed E-state index contributed by atoms with van der Waals surface area (Å²) in [7, 11) is 0. The molecule has 0 radical (unpaired) electrons. The number of esters is 1. The Labute approximate surface area is 96.6 Å². The lowest BCUT2D eigenvalue weighted by Gasteiger charge is -2.22. The van der Waals surface area contributed by atoms with Gasteiger partial charge in [0.15, 0.2) is 5.60 Å². The van der Waals surface area contributed by atoms with Crippen LogP contribution < -0.4 is 0 Å². The van der Waals surface area contributed by atoms with E-state index in [4.69, 9.17) is 11.2 Å². The van der Waals surface area contributed by atoms with Crippen molar-refractivity contribution in [1.82, 2.24) is 0 Å². The molecular weight excluding hydrogens is 200 g/mol. The molecule has 84 valence electrons. The molecule has 0 saturated carbocycles. The zero-order valence-corrected chi connectivity index (χ0v) is 9.69. The van der Waals surface area contributed by atoms with Crippen LogP contribution in [0.2, 0.25) is 0 Å². The normalized spacial score (nSPS) is 13.6. The Bertz CT molecular complexity index is 389. The van der Waals surface area contributed by atoms with Gasteiger partial charge in [0.1, 0.15) is 0 Å². The molecule has 1 unspecified atom stereocenters. The fraction of sp³-hybridized carbons (Fsp3) is 0.357. The molecule has 1 rings (SSSR count). The minimum absolute atomic E-state index is 0.262. The highest BCUT2D eigenvalue weighted by Crippen LogP contribution is 2.15. The van der Waals surface area contributed by atoms with Crippen molar-refractivity contribution in [2.45, 2.75) is 32.3 Å². The number of hydrogen-bond acceptors (Lipinski definition) is 2. The van der Waals surface area contributed by atoms with Crippen LogP contribution in [0.3, 0.4) is 0 Å². The highest BCUT2D eigenvalue weighted by atomic mass is 16.6. The Balaban J connectivity index is 2.59. The van der Waals surface area contributed by atoms with E-state index in [-0.39, 0.29) is 12.4 Å². The Morgan fingerprint density at radius 1 is 1.44 bits per heavy atom. The van der Waals surface area contributed by atoms with Crippen molar-refractivity contribution in [2.75, 3.05) is 0 Å². The van der Waals surface area contributed by atoms with Crippen LogP contribution in [0.15, 0.2) is 30.3 Å². The predicted molar refractivity (Wildman–Crippen MR) is 63.8 cm³/mol. The highest BCUT2D eigenvalue weighted by Gasteiger charge is 2.23. The third-order valence-corrected chi connectivity index (χ3v) is 2.51. The van der Waals surface area contributed by atoms with Gasteiger partial charge in [0.2, 0.25) is 0 Å². The van der Waals surface area contributed by atoms with Gasteiger partial charge < -0.3 is 4.74 Å². The quantitative estimate of drug-likeness (QED) is 0.571. The Morgan fingerprint density at radius 2 is 2.06 bits per heavy atom. The third kappa shape index (κ3) is 3.43. The second kappa shape index (κ2) is 5.37. The Kier molecular flexibility index (Phi) is 4.13. The first kappa shape index (κ1) is 12.3. The van der Waals surface area contributed by atoms with Gasteiger partial charge in [-0.3, -0.25) is 4.79 Å². The van der Waals surface area contributed by atoms with Gasteiger partial charge >= 0.3 is 5.97 Å². The molecule has 0 amide bonds. The lowest BCUT2D eigenvalue weighted by atomic mass is 10.0. The van der Waals surface area contributed by atoms with Crippen LogP contribution >= 0.6 is 0 Å². The van der Waals surface area contributed by atoms with Crippen molar-refractivity contribution in [3.05, 3.63) is 35.9 Å². The maximum absolute atomic E-state index is 11.6. The molecule has 0 fully saturated rings. The van der Waals surface area contributed by atoms with Crippen LogP contribution in [-0.2, 0) is 16.0 Å². The number of carbonyl (C=O) groups is 1. The van der Waals surface area contributed by atoms with Crippen LogP contribution in [0, 0.1) is 12.3 Å². The summed E-state index contributed by atoms with van der Waals surface area (Å²) in [5.41, 5.74) is 0.147. The largest absolute Gasteiger partial charge is 0.446 e. The van der Waals surface area contributed by atoms with Gasteiger partial charge in [0.05, 0.1) is 6.42 Å². The van der Waals surface area contributed by atoms with Gasteiger partial charge in [-0.1, -0.05) is 43.2 Å². The maximum Gasteiger partial charge on any atom is 0.311 e. The SMILES string of the molecule is C#CC(C)(CC)OC(=O)Cc1ccccc1. The van der Waals surface area contributed by atoms with Crippen LogP contribution in [0.1, 0.15) is 25.8 Å². The monoisotopic (exact) mass is 216 g/mol. The fourth-order valence-electron chi connectivity index (χ4n) is 1.25. The summed E-state index contributed by atoms with van der Waals surface area (Å²) < 4.78 is 5.27. The zero-order chi connectivity index (χ0) is 12.0. The third-order valence-electron chi connectivity index (χ3n) is 2.51. The summed E-state index contributed by atoms with van der Waals surface area (Å²) in [5.74, 6) is 2.22. The predicted octanol–water partition coefficient (Wildman–Crippen LogP) is 2.57. The topological polar surface area (TPSA) is 26.3 Å². The smallest absolute Gasteiger partial charge is 0.311 e. The number of benzene rings is 1. The average Bonchev–Trinajstić information content (AvgIpc) is 2.30. The first-order chi connectivity index (χ1) is 7.59. The molecule has 0 heterocycles. The van der Waals surface area contributed by atoms with Gasteiger partial charge in [-0.05, 0) is 18.9 Å². The van der Waals surface area contributed by atoms with E-state index in [0.717, 1.165) is 5.56 Å². The lowest BCUT2D eigenvalue weighted by molar-refractivity contribution is -0.152. The standard InChI is InChI=1S/C14H16O2/c1-4-14(3,5-2)16-13(15)11-12-9-7-6-8-10-12/h1,6-10H,5,11H2,2-3H3.